The minimum atomic E-state index is -0.842. The summed E-state index contributed by atoms with van der Waals surface area (Å²) in [7, 11) is 0. The van der Waals surface area contributed by atoms with Crippen LogP contribution in [0.2, 0.25) is 0 Å². The molecule has 0 amide bonds. The van der Waals surface area contributed by atoms with Crippen LogP contribution in [0, 0.1) is 5.92 Å². The van der Waals surface area contributed by atoms with Crippen molar-refractivity contribution in [3.05, 3.63) is 60.3 Å². The van der Waals surface area contributed by atoms with Crippen LogP contribution >= 0.6 is 0 Å². The van der Waals surface area contributed by atoms with Crippen LogP contribution in [0.3, 0.4) is 0 Å². The van der Waals surface area contributed by atoms with Gasteiger partial charge in [0, 0.05) is 42.8 Å². The molecule has 1 N–H and O–H groups in total. The fourth-order valence-corrected chi connectivity index (χ4v) is 4.59. The molecule has 2 aromatic rings. The highest BCUT2D eigenvalue weighted by molar-refractivity contribution is 5.82. The summed E-state index contributed by atoms with van der Waals surface area (Å²) in [5.74, 6) is 1.40. The van der Waals surface area contributed by atoms with Crippen molar-refractivity contribution < 1.29 is 9.90 Å². The number of hydrogen-bond acceptors (Lipinski definition) is 4. The third-order valence-electron chi connectivity index (χ3n) is 6.55. The summed E-state index contributed by atoms with van der Waals surface area (Å²) in [6.07, 6.45) is 18.1. The van der Waals surface area contributed by atoms with Gasteiger partial charge >= 0.3 is 0 Å². The smallest absolute Gasteiger partial charge is 0.141 e. The Hall–Kier alpha value is -2.53. The van der Waals surface area contributed by atoms with Gasteiger partial charge in [-0.1, -0.05) is 52.0 Å². The highest BCUT2D eigenvalue weighted by atomic mass is 16.3. The number of pyridine rings is 1. The first kappa shape index (κ1) is 25.1. The number of nitrogens with zero attached hydrogens (tertiary/aromatic N) is 3. The van der Waals surface area contributed by atoms with E-state index in [4.69, 9.17) is 4.98 Å². The zero-order valence-electron chi connectivity index (χ0n) is 20.6. The Labute approximate surface area is 198 Å². The zero-order chi connectivity index (χ0) is 23.8. The molecule has 2 atom stereocenters. The Morgan fingerprint density at radius 1 is 1.24 bits per heavy atom. The summed E-state index contributed by atoms with van der Waals surface area (Å²) in [6.45, 7) is 9.01. The van der Waals surface area contributed by atoms with E-state index < -0.39 is 5.60 Å². The lowest BCUT2D eigenvalue weighted by atomic mass is 9.99. The molecule has 0 bridgehead atoms. The number of aliphatic hydroxyl groups is 1. The number of rotatable bonds is 9. The number of hydrogen-bond donors (Lipinski definition) is 1. The lowest BCUT2D eigenvalue weighted by Gasteiger charge is -2.19. The maximum absolute atomic E-state index is 12.2. The molecule has 0 radical (unpaired) electrons. The summed E-state index contributed by atoms with van der Waals surface area (Å²) in [6, 6.07) is 3.95. The molecule has 178 valence electrons. The topological polar surface area (TPSA) is 68.0 Å². The van der Waals surface area contributed by atoms with Crippen molar-refractivity contribution in [2.75, 3.05) is 0 Å². The minimum Gasteiger partial charge on any atom is -0.382 e. The van der Waals surface area contributed by atoms with Gasteiger partial charge in [0.15, 0.2) is 0 Å². The predicted molar refractivity (Wildman–Crippen MR) is 134 cm³/mol. The predicted octanol–water partition coefficient (Wildman–Crippen LogP) is 6.34. The standard InChI is InChI=1S/C26H33N3O2.C2H6/c1-3-4-5-6-8-19(2)24-23(21-11-16-27-17-12-21)28-25(26(31)14-15-26)29(24)18-13-20-9-7-10-22(20)30;1-2/h4-6,8,11-12,16-17,19-20,31H,3,7,9-10,13-15,18H2,1-2H3;1-2H3/b5-4-,8-6-;. The van der Waals surface area contributed by atoms with Gasteiger partial charge in [0.05, 0.1) is 11.4 Å². The number of aromatic nitrogens is 3. The van der Waals surface area contributed by atoms with E-state index in [2.05, 4.69) is 47.7 Å². The molecule has 2 unspecified atom stereocenters. The van der Waals surface area contributed by atoms with Crippen LogP contribution in [0.1, 0.15) is 90.1 Å². The van der Waals surface area contributed by atoms with Gasteiger partial charge in [0.1, 0.15) is 17.2 Å². The summed E-state index contributed by atoms with van der Waals surface area (Å²) < 4.78 is 2.22. The quantitative estimate of drug-likeness (QED) is 0.454. The van der Waals surface area contributed by atoms with E-state index in [0.29, 0.717) is 18.7 Å². The van der Waals surface area contributed by atoms with Gasteiger partial charge in [0.25, 0.3) is 0 Å². The average molecular weight is 450 g/mol. The molecule has 33 heavy (non-hydrogen) atoms. The molecule has 2 fully saturated rings. The Kier molecular flexibility index (Phi) is 8.79. The van der Waals surface area contributed by atoms with E-state index in [1.54, 1.807) is 12.4 Å². The molecular weight excluding hydrogens is 410 g/mol. The molecule has 0 aliphatic heterocycles. The molecule has 2 aliphatic carbocycles. The minimum absolute atomic E-state index is 0.118. The first-order valence-corrected chi connectivity index (χ1v) is 12.6. The van der Waals surface area contributed by atoms with Crippen molar-refractivity contribution in [1.82, 2.24) is 14.5 Å². The molecule has 2 heterocycles. The van der Waals surface area contributed by atoms with Crippen LogP contribution in [0.15, 0.2) is 48.8 Å². The lowest BCUT2D eigenvalue weighted by molar-refractivity contribution is -0.120. The summed E-state index contributed by atoms with van der Waals surface area (Å²) in [4.78, 5) is 21.4. The van der Waals surface area contributed by atoms with Gasteiger partial charge in [-0.05, 0) is 50.7 Å². The maximum atomic E-state index is 12.2. The first-order valence-electron chi connectivity index (χ1n) is 12.6. The molecule has 4 rings (SSSR count). The fourth-order valence-electron chi connectivity index (χ4n) is 4.59. The van der Waals surface area contributed by atoms with Crippen molar-refractivity contribution in [1.29, 1.82) is 0 Å². The monoisotopic (exact) mass is 449 g/mol. The van der Waals surface area contributed by atoms with Gasteiger partial charge in [-0.2, -0.15) is 0 Å². The SMILES string of the molecule is CC.CC/C=C\C=C/C(C)c1c(-c2ccncc2)nc(C2(O)CC2)n1CCC1CCCC1=O. The molecule has 2 aromatic heterocycles. The third kappa shape index (κ3) is 5.89. The van der Waals surface area contributed by atoms with E-state index in [-0.39, 0.29) is 11.8 Å². The Balaban J connectivity index is 0.00000149. The number of carbonyl (C=O) groups is 1. The lowest BCUT2D eigenvalue weighted by Crippen LogP contribution is -2.19. The van der Waals surface area contributed by atoms with E-state index in [1.165, 1.54) is 0 Å². The van der Waals surface area contributed by atoms with Crippen LogP contribution in [0.4, 0.5) is 0 Å². The normalized spacial score (nSPS) is 20.3. The highest BCUT2D eigenvalue weighted by Crippen LogP contribution is 2.47. The van der Waals surface area contributed by atoms with E-state index >= 15 is 0 Å². The second-order valence-corrected chi connectivity index (χ2v) is 8.94. The number of allylic oxidation sites excluding steroid dienone is 4. The van der Waals surface area contributed by atoms with Crippen LogP contribution in [0.5, 0.6) is 0 Å². The van der Waals surface area contributed by atoms with Crippen LogP contribution in [-0.2, 0) is 16.9 Å². The fraction of sp³-hybridized carbons (Fsp3) is 0.536. The second kappa shape index (κ2) is 11.6. The number of imidazole rings is 1. The highest BCUT2D eigenvalue weighted by Gasteiger charge is 2.47. The molecule has 2 aliphatic rings. The van der Waals surface area contributed by atoms with E-state index in [9.17, 15) is 9.90 Å². The first-order chi connectivity index (χ1) is 16.0. The average Bonchev–Trinajstić information content (AvgIpc) is 3.27. The maximum Gasteiger partial charge on any atom is 0.141 e. The van der Waals surface area contributed by atoms with E-state index in [1.807, 2.05) is 26.0 Å². The van der Waals surface area contributed by atoms with Crippen molar-refractivity contribution in [3.8, 4) is 11.3 Å². The van der Waals surface area contributed by atoms with Crippen molar-refractivity contribution in [2.24, 2.45) is 5.92 Å². The molecule has 0 saturated heterocycles. The number of ketones is 1. The Morgan fingerprint density at radius 2 is 1.97 bits per heavy atom. The summed E-state index contributed by atoms with van der Waals surface area (Å²) in [5.41, 5.74) is 2.18. The van der Waals surface area contributed by atoms with Gasteiger partial charge < -0.3 is 9.67 Å². The third-order valence-corrected chi connectivity index (χ3v) is 6.55. The molecule has 5 heteroatoms. The van der Waals surface area contributed by atoms with E-state index in [0.717, 1.165) is 61.3 Å². The van der Waals surface area contributed by atoms with Crippen molar-refractivity contribution in [3.63, 3.8) is 0 Å². The Morgan fingerprint density at radius 3 is 2.58 bits per heavy atom. The van der Waals surface area contributed by atoms with Crippen LogP contribution in [-0.4, -0.2) is 25.4 Å². The molecule has 5 nitrogen and oxygen atoms in total. The zero-order valence-corrected chi connectivity index (χ0v) is 20.6. The molecular formula is C28H39N3O2. The van der Waals surface area contributed by atoms with Gasteiger partial charge in [-0.15, -0.1) is 0 Å². The van der Waals surface area contributed by atoms with Gasteiger partial charge in [-0.25, -0.2) is 4.98 Å². The van der Waals surface area contributed by atoms with Crippen molar-refractivity contribution in [2.45, 2.75) is 90.7 Å². The summed E-state index contributed by atoms with van der Waals surface area (Å²) >= 11 is 0. The van der Waals surface area contributed by atoms with Crippen molar-refractivity contribution >= 4 is 5.78 Å². The number of Topliss-reactive ketones (excluding diaryl/α,β-unsaturated/α-hetero) is 1. The Bertz CT molecular complexity index is 971. The second-order valence-electron chi connectivity index (χ2n) is 8.94. The molecule has 0 aromatic carbocycles. The molecule has 0 spiro atoms. The number of carbonyl (C=O) groups excluding carboxylic acids is 1. The van der Waals surface area contributed by atoms with Crippen LogP contribution in [0.25, 0.3) is 11.3 Å². The summed E-state index contributed by atoms with van der Waals surface area (Å²) in [5, 5.41) is 11.0. The van der Waals surface area contributed by atoms with Crippen LogP contribution < -0.4 is 0 Å². The van der Waals surface area contributed by atoms with Gasteiger partial charge in [-0.3, -0.25) is 9.78 Å². The molecule has 2 saturated carbocycles. The largest absolute Gasteiger partial charge is 0.382 e. The van der Waals surface area contributed by atoms with Gasteiger partial charge in [0.2, 0.25) is 0 Å².